The Bertz CT molecular complexity index is 843. The van der Waals surface area contributed by atoms with Gasteiger partial charge < -0.3 is 4.98 Å². The second-order valence-electron chi connectivity index (χ2n) is 6.50. The number of imidazole rings is 1. The van der Waals surface area contributed by atoms with Gasteiger partial charge in [-0.25, -0.2) is 4.98 Å². The van der Waals surface area contributed by atoms with E-state index in [-0.39, 0.29) is 0 Å². The van der Waals surface area contributed by atoms with Crippen LogP contribution in [0.3, 0.4) is 0 Å². The molecule has 0 aliphatic rings. The topological polar surface area (TPSA) is 41.6 Å². The molecule has 0 aliphatic heterocycles. The third kappa shape index (κ3) is 5.16. The normalized spacial score (nSPS) is 12.6. The number of nitrogens with zero attached hydrogens (tertiary/aromatic N) is 2. The molecule has 1 atom stereocenters. The molecule has 1 aromatic carbocycles. The average molecular weight is 380 g/mol. The molecular formula is C19H20Cl2FN3. The van der Waals surface area contributed by atoms with Crippen LogP contribution in [0, 0.1) is 11.9 Å². The first kappa shape index (κ1) is 18.2. The molecule has 0 saturated carbocycles. The summed E-state index contributed by atoms with van der Waals surface area (Å²) in [4.78, 5) is 11.3. The van der Waals surface area contributed by atoms with Gasteiger partial charge in [-0.15, -0.1) is 0 Å². The van der Waals surface area contributed by atoms with E-state index in [0.717, 1.165) is 43.4 Å². The summed E-state index contributed by atoms with van der Waals surface area (Å²) in [5, 5.41) is 1.37. The molecule has 3 aromatic rings. The molecule has 25 heavy (non-hydrogen) atoms. The second-order valence-corrected chi connectivity index (χ2v) is 7.38. The highest BCUT2D eigenvalue weighted by Gasteiger charge is 2.08. The molecule has 132 valence electrons. The zero-order chi connectivity index (χ0) is 17.8. The van der Waals surface area contributed by atoms with Crippen LogP contribution in [-0.2, 0) is 12.8 Å². The third-order valence-corrected chi connectivity index (χ3v) is 4.76. The number of pyridine rings is 1. The molecule has 0 aliphatic carbocycles. The van der Waals surface area contributed by atoms with Crippen molar-refractivity contribution in [2.45, 2.75) is 39.0 Å². The maximum atomic E-state index is 13.1. The SMILES string of the molecule is C[C@@H](CCCc1cc(Cl)cc(Cl)c1)CCc1nc2nc(F)ccc2[nH]1. The Kier molecular flexibility index (Phi) is 5.92. The van der Waals surface area contributed by atoms with Gasteiger partial charge in [0.2, 0.25) is 5.95 Å². The Labute approximate surface area is 156 Å². The molecular weight excluding hydrogens is 360 g/mol. The van der Waals surface area contributed by atoms with Crippen LogP contribution in [0.25, 0.3) is 11.2 Å². The van der Waals surface area contributed by atoms with E-state index < -0.39 is 5.95 Å². The smallest absolute Gasteiger partial charge is 0.215 e. The summed E-state index contributed by atoms with van der Waals surface area (Å²) in [5.74, 6) is 0.939. The van der Waals surface area contributed by atoms with Crippen molar-refractivity contribution in [2.24, 2.45) is 5.92 Å². The van der Waals surface area contributed by atoms with Crippen molar-refractivity contribution >= 4 is 34.4 Å². The van der Waals surface area contributed by atoms with Crippen LogP contribution in [-0.4, -0.2) is 15.0 Å². The first-order valence-electron chi connectivity index (χ1n) is 8.46. The van der Waals surface area contributed by atoms with E-state index in [1.165, 1.54) is 11.6 Å². The lowest BCUT2D eigenvalue weighted by atomic mass is 9.97. The van der Waals surface area contributed by atoms with Crippen molar-refractivity contribution in [3.63, 3.8) is 0 Å². The number of aromatic amines is 1. The summed E-state index contributed by atoms with van der Waals surface area (Å²) in [7, 11) is 0. The van der Waals surface area contributed by atoms with Gasteiger partial charge in [-0.1, -0.05) is 36.5 Å². The summed E-state index contributed by atoms with van der Waals surface area (Å²) in [6.45, 7) is 2.24. The van der Waals surface area contributed by atoms with E-state index in [2.05, 4.69) is 21.9 Å². The van der Waals surface area contributed by atoms with E-state index in [1.54, 1.807) is 12.1 Å². The molecule has 0 spiro atoms. The number of hydrogen-bond donors (Lipinski definition) is 1. The Hall–Kier alpha value is -1.65. The lowest BCUT2D eigenvalue weighted by Crippen LogP contribution is -2.00. The minimum atomic E-state index is -0.500. The van der Waals surface area contributed by atoms with Crippen molar-refractivity contribution in [2.75, 3.05) is 0 Å². The molecule has 1 N–H and O–H groups in total. The molecule has 0 radical (unpaired) electrons. The van der Waals surface area contributed by atoms with E-state index in [0.29, 0.717) is 21.6 Å². The van der Waals surface area contributed by atoms with Gasteiger partial charge in [-0.3, -0.25) is 0 Å². The molecule has 0 fully saturated rings. The van der Waals surface area contributed by atoms with Gasteiger partial charge in [0.05, 0.1) is 5.52 Å². The van der Waals surface area contributed by atoms with Crippen molar-refractivity contribution in [1.29, 1.82) is 0 Å². The van der Waals surface area contributed by atoms with Crippen molar-refractivity contribution < 1.29 is 4.39 Å². The Balaban J connectivity index is 1.46. The Morgan fingerprint density at radius 2 is 1.80 bits per heavy atom. The second kappa shape index (κ2) is 8.15. The summed E-state index contributed by atoms with van der Waals surface area (Å²) < 4.78 is 13.1. The Morgan fingerprint density at radius 1 is 1.04 bits per heavy atom. The molecule has 0 saturated heterocycles. The van der Waals surface area contributed by atoms with Gasteiger partial charge in [-0.05, 0) is 61.1 Å². The van der Waals surface area contributed by atoms with Gasteiger partial charge in [-0.2, -0.15) is 9.37 Å². The molecule has 2 heterocycles. The first-order valence-corrected chi connectivity index (χ1v) is 9.21. The van der Waals surface area contributed by atoms with Crippen molar-refractivity contribution in [1.82, 2.24) is 15.0 Å². The molecule has 6 heteroatoms. The van der Waals surface area contributed by atoms with Gasteiger partial charge in [0, 0.05) is 16.5 Å². The average Bonchev–Trinajstić information content (AvgIpc) is 2.94. The van der Waals surface area contributed by atoms with E-state index in [1.807, 2.05) is 12.1 Å². The molecule has 3 nitrogen and oxygen atoms in total. The van der Waals surface area contributed by atoms with Crippen LogP contribution in [0.5, 0.6) is 0 Å². The quantitative estimate of drug-likeness (QED) is 0.511. The highest BCUT2D eigenvalue weighted by molar-refractivity contribution is 6.34. The van der Waals surface area contributed by atoms with Crippen LogP contribution in [0.15, 0.2) is 30.3 Å². The molecule has 0 unspecified atom stereocenters. The van der Waals surface area contributed by atoms with Gasteiger partial charge in [0.1, 0.15) is 5.82 Å². The number of nitrogens with one attached hydrogen (secondary N) is 1. The summed E-state index contributed by atoms with van der Waals surface area (Å²) in [6, 6.07) is 8.71. The van der Waals surface area contributed by atoms with Crippen LogP contribution in [0.1, 0.15) is 37.6 Å². The maximum Gasteiger partial charge on any atom is 0.215 e. The highest BCUT2D eigenvalue weighted by atomic mass is 35.5. The minimum Gasteiger partial charge on any atom is -0.341 e. The van der Waals surface area contributed by atoms with Crippen LogP contribution >= 0.6 is 23.2 Å². The summed E-state index contributed by atoms with van der Waals surface area (Å²) >= 11 is 12.1. The number of aryl methyl sites for hydroxylation is 2. The van der Waals surface area contributed by atoms with Crippen LogP contribution in [0.4, 0.5) is 4.39 Å². The number of aromatic nitrogens is 3. The predicted octanol–water partition coefficient (Wildman–Crippen LogP) is 6.00. The fraction of sp³-hybridized carbons (Fsp3) is 0.368. The first-order chi connectivity index (χ1) is 12.0. The molecule has 2 aromatic heterocycles. The maximum absolute atomic E-state index is 13.1. The minimum absolute atomic E-state index is 0.445. The standard InChI is InChI=1S/C19H20Cl2FN3/c1-12(3-2-4-13-9-14(20)11-15(21)10-13)5-8-18-23-16-6-7-17(22)24-19(16)25-18/h6-7,9-12H,2-5,8H2,1H3,(H,23,24,25)/t12-/m0/s1. The van der Waals surface area contributed by atoms with Crippen molar-refractivity contribution in [3.05, 3.63) is 57.7 Å². The van der Waals surface area contributed by atoms with E-state index >= 15 is 0 Å². The van der Waals surface area contributed by atoms with E-state index in [9.17, 15) is 4.39 Å². The fourth-order valence-corrected chi connectivity index (χ4v) is 3.55. The largest absolute Gasteiger partial charge is 0.341 e. The van der Waals surface area contributed by atoms with E-state index in [4.69, 9.17) is 23.2 Å². The number of rotatable bonds is 7. The third-order valence-electron chi connectivity index (χ3n) is 4.32. The lowest BCUT2D eigenvalue weighted by molar-refractivity contribution is 0.471. The molecule has 0 bridgehead atoms. The zero-order valence-corrected chi connectivity index (χ0v) is 15.5. The zero-order valence-electron chi connectivity index (χ0n) is 14.0. The van der Waals surface area contributed by atoms with Gasteiger partial charge in [0.25, 0.3) is 0 Å². The lowest BCUT2D eigenvalue weighted by Gasteiger charge is -2.10. The van der Waals surface area contributed by atoms with Crippen molar-refractivity contribution in [3.8, 4) is 0 Å². The Morgan fingerprint density at radius 3 is 2.56 bits per heavy atom. The van der Waals surface area contributed by atoms with Gasteiger partial charge >= 0.3 is 0 Å². The number of benzene rings is 1. The fourth-order valence-electron chi connectivity index (χ4n) is 2.98. The van der Waals surface area contributed by atoms with Crippen LogP contribution in [0.2, 0.25) is 10.0 Å². The number of hydrogen-bond acceptors (Lipinski definition) is 2. The van der Waals surface area contributed by atoms with Crippen LogP contribution < -0.4 is 0 Å². The summed E-state index contributed by atoms with van der Waals surface area (Å²) in [5.41, 5.74) is 2.40. The predicted molar refractivity (Wildman–Crippen MR) is 101 cm³/mol. The molecule has 0 amide bonds. The number of H-pyrrole nitrogens is 1. The summed E-state index contributed by atoms with van der Waals surface area (Å²) in [6.07, 6.45) is 5.04. The van der Waals surface area contributed by atoms with Gasteiger partial charge in [0.15, 0.2) is 5.65 Å². The highest BCUT2D eigenvalue weighted by Crippen LogP contribution is 2.22. The molecule has 3 rings (SSSR count). The number of halogens is 3. The monoisotopic (exact) mass is 379 g/mol. The number of fused-ring (bicyclic) bond motifs is 1.